The Bertz CT molecular complexity index is 3380. The number of nitrogen functional groups attached to an aromatic ring is 3. The summed E-state index contributed by atoms with van der Waals surface area (Å²) in [5.41, 5.74) is 11.7. The van der Waals surface area contributed by atoms with Crippen molar-refractivity contribution in [2.45, 2.75) is 149 Å². The average molecular weight is 1310 g/mol. The standard InChI is InChI=1S/2C22H28F3N5O.C21H26F3N5O.9H2/c2*1-4-14-11-30(12-15(28-14)10-13(2)3)18-8-7-17(22(23,24)25)19(29-18)20(31)16-6-5-9-27-21(16)26;1-12(2)9-14-11-29(10-13(3)27-14)17-7-6-16(21(22,23)24)18(28-17)19(30)15-5-4-8-26-20(15)25;;;;;;;;;/h2*5-9,13-15,28H,4,10-12H2,1-3H3,(H2,26,27);4-8,12-14,27H,9-11H2,1-3H3,(H2,25,26);9*1H/t14-,15+;14-,15-;13-,14+;;;;;;;;;/m101........./s1. The number of hydrogen-bond acceptors (Lipinski definition) is 18. The van der Waals surface area contributed by atoms with Gasteiger partial charge in [-0.1, -0.05) is 55.4 Å². The highest BCUT2D eigenvalue weighted by atomic mass is 19.4. The fraction of sp³-hybridized carbons (Fsp3) is 0.492. The number of alkyl halides is 9. The van der Waals surface area contributed by atoms with E-state index in [1.165, 1.54) is 73.2 Å². The zero-order chi connectivity index (χ0) is 67.6. The van der Waals surface area contributed by atoms with Gasteiger partial charge in [-0.05, 0) is 130 Å². The number of carbonyl (C=O) groups is 3. The highest BCUT2D eigenvalue weighted by Crippen LogP contribution is 2.38. The first-order chi connectivity index (χ1) is 43.2. The normalized spacial score (nSPS) is 19.7. The molecule has 27 heteroatoms. The molecule has 0 radical (unpaired) electrons. The lowest BCUT2D eigenvalue weighted by molar-refractivity contribution is -0.138. The number of anilines is 6. The minimum Gasteiger partial charge on any atom is -0.383 e. The maximum Gasteiger partial charge on any atom is 0.418 e. The molecule has 0 bridgehead atoms. The molecule has 0 aromatic carbocycles. The van der Waals surface area contributed by atoms with Crippen molar-refractivity contribution < 1.29 is 66.7 Å². The molecule has 516 valence electrons. The molecule has 0 amide bonds. The molecule has 0 unspecified atom stereocenters. The highest BCUT2D eigenvalue weighted by molar-refractivity contribution is 6.13. The van der Waals surface area contributed by atoms with Gasteiger partial charge in [0, 0.05) is 107 Å². The van der Waals surface area contributed by atoms with Crippen LogP contribution in [0.2, 0.25) is 0 Å². The van der Waals surface area contributed by atoms with Crippen molar-refractivity contribution in [1.29, 1.82) is 0 Å². The lowest BCUT2D eigenvalue weighted by Gasteiger charge is -2.40. The molecule has 3 aliphatic heterocycles. The van der Waals surface area contributed by atoms with Gasteiger partial charge in [0.05, 0.1) is 33.4 Å². The van der Waals surface area contributed by atoms with Crippen LogP contribution in [0.4, 0.5) is 74.4 Å². The third kappa shape index (κ3) is 18.6. The summed E-state index contributed by atoms with van der Waals surface area (Å²) in [6.07, 6.45) is -5.47. The van der Waals surface area contributed by atoms with Gasteiger partial charge < -0.3 is 47.9 Å². The van der Waals surface area contributed by atoms with E-state index >= 15 is 0 Å². The van der Waals surface area contributed by atoms with Gasteiger partial charge >= 0.3 is 18.5 Å². The van der Waals surface area contributed by atoms with Crippen molar-refractivity contribution >= 4 is 52.3 Å². The molecule has 9 heterocycles. The Labute approximate surface area is 543 Å². The van der Waals surface area contributed by atoms with Gasteiger partial charge in [0.15, 0.2) is 0 Å². The minimum atomic E-state index is -4.72. The molecule has 6 aromatic rings. The minimum absolute atomic E-state index is 0. The van der Waals surface area contributed by atoms with E-state index in [4.69, 9.17) is 17.2 Å². The summed E-state index contributed by atoms with van der Waals surface area (Å²) < 4.78 is 123. The molecule has 0 aliphatic carbocycles. The molecule has 9 rings (SSSR count). The number of nitrogens with one attached hydrogen (secondary N) is 3. The van der Waals surface area contributed by atoms with Gasteiger partial charge in [0.1, 0.15) is 52.0 Å². The summed E-state index contributed by atoms with van der Waals surface area (Å²) in [7, 11) is 0. The van der Waals surface area contributed by atoms with Gasteiger partial charge in [0.2, 0.25) is 17.3 Å². The van der Waals surface area contributed by atoms with Crippen molar-refractivity contribution in [2.24, 2.45) is 17.8 Å². The Kier molecular flexibility index (Phi) is 23.7. The number of halogens is 9. The van der Waals surface area contributed by atoms with Crippen molar-refractivity contribution in [2.75, 3.05) is 71.2 Å². The molecule has 3 saturated heterocycles. The molecule has 3 aliphatic rings. The van der Waals surface area contributed by atoms with Gasteiger partial charge in [-0.15, -0.1) is 0 Å². The monoisotopic (exact) mass is 1310 g/mol. The van der Waals surface area contributed by atoms with Crippen LogP contribution in [0.25, 0.3) is 0 Å². The maximum absolute atomic E-state index is 13.7. The third-order valence-electron chi connectivity index (χ3n) is 15.8. The number of rotatable bonds is 17. The maximum atomic E-state index is 13.7. The highest BCUT2D eigenvalue weighted by Gasteiger charge is 2.41. The largest absolute Gasteiger partial charge is 0.418 e. The molecular formula is C65H100F9N15O3. The van der Waals surface area contributed by atoms with Crippen LogP contribution >= 0.6 is 0 Å². The van der Waals surface area contributed by atoms with Crippen LogP contribution in [0.3, 0.4) is 0 Å². The summed E-state index contributed by atoms with van der Waals surface area (Å²) in [5.74, 6) is -0.580. The summed E-state index contributed by atoms with van der Waals surface area (Å²) in [4.78, 5) is 68.8. The van der Waals surface area contributed by atoms with E-state index < -0.39 is 69.7 Å². The predicted octanol–water partition coefficient (Wildman–Crippen LogP) is 13.6. The predicted molar refractivity (Wildman–Crippen MR) is 356 cm³/mol. The Morgan fingerprint density at radius 3 is 0.989 bits per heavy atom. The van der Waals surface area contributed by atoms with Crippen LogP contribution in [0.15, 0.2) is 91.4 Å². The molecule has 6 atom stereocenters. The van der Waals surface area contributed by atoms with Crippen LogP contribution in [0.1, 0.15) is 172 Å². The lowest BCUT2D eigenvalue weighted by atomic mass is 9.98. The fourth-order valence-electron chi connectivity index (χ4n) is 11.8. The number of aromatic nitrogens is 6. The number of ketones is 3. The van der Waals surface area contributed by atoms with E-state index in [-0.39, 0.29) is 83.2 Å². The van der Waals surface area contributed by atoms with Crippen LogP contribution in [0.5, 0.6) is 0 Å². The second-order valence-electron chi connectivity index (χ2n) is 24.8. The quantitative estimate of drug-likeness (QED) is 0.0367. The summed E-state index contributed by atoms with van der Waals surface area (Å²) >= 11 is 0. The number of nitrogens with zero attached hydrogens (tertiary/aromatic N) is 9. The summed E-state index contributed by atoms with van der Waals surface area (Å²) in [5, 5.41) is 10.7. The van der Waals surface area contributed by atoms with E-state index in [1.807, 2.05) is 21.6 Å². The fourth-order valence-corrected chi connectivity index (χ4v) is 11.8. The first kappa shape index (κ1) is 71.4. The first-order valence-electron chi connectivity index (χ1n) is 30.8. The van der Waals surface area contributed by atoms with Gasteiger partial charge in [0.25, 0.3) is 0 Å². The SMILES string of the molecule is CC(C)C[C@H]1CN(c2ccc(C(F)(F)F)c(C(=O)c3cccnc3N)n2)C[C@@H](C)N1.CC[C@@H]1CN(c2ccc(C(F)(F)F)c(C(=O)c3cccnc3N)n2)C[C@H](CC(C)C)N1.CC[C@H]1CN(c2ccc(C(F)(F)F)c(C(=O)c3cccnc3N)n2)C[C@H](CC(C)C)N1.[HH].[HH].[HH].[HH].[HH].[HH].[HH].[HH].[HH]. The third-order valence-corrected chi connectivity index (χ3v) is 15.8. The molecule has 0 saturated carbocycles. The Balaban J connectivity index is -0.00000137. The average Bonchev–Trinajstić information content (AvgIpc) is 0.793. The lowest BCUT2D eigenvalue weighted by Crippen LogP contribution is -2.57. The first-order valence-corrected chi connectivity index (χ1v) is 30.8. The van der Waals surface area contributed by atoms with Gasteiger partial charge in [-0.2, -0.15) is 39.5 Å². The second-order valence-corrected chi connectivity index (χ2v) is 24.8. The van der Waals surface area contributed by atoms with Crippen LogP contribution in [-0.2, 0) is 18.5 Å². The zero-order valence-corrected chi connectivity index (χ0v) is 53.0. The van der Waals surface area contributed by atoms with Crippen molar-refractivity contribution in [3.8, 4) is 0 Å². The molecule has 3 fully saturated rings. The molecule has 0 spiro atoms. The van der Waals surface area contributed by atoms with Crippen molar-refractivity contribution in [3.05, 3.63) is 142 Å². The number of piperazine rings is 3. The van der Waals surface area contributed by atoms with Gasteiger partial charge in [-0.25, -0.2) is 29.9 Å². The number of hydrogen-bond donors (Lipinski definition) is 6. The Hall–Kier alpha value is -8.04. The van der Waals surface area contributed by atoms with E-state index in [9.17, 15) is 53.9 Å². The molecule has 92 heavy (non-hydrogen) atoms. The van der Waals surface area contributed by atoms with Gasteiger partial charge in [-0.3, -0.25) is 14.4 Å². The number of pyridine rings is 6. The second kappa shape index (κ2) is 30.6. The van der Waals surface area contributed by atoms with E-state index in [2.05, 4.69) is 101 Å². The van der Waals surface area contributed by atoms with Crippen molar-refractivity contribution in [3.63, 3.8) is 0 Å². The molecular weight excluding hydrogens is 1210 g/mol. The topological polar surface area (TPSA) is 252 Å². The van der Waals surface area contributed by atoms with Crippen LogP contribution < -0.4 is 47.9 Å². The van der Waals surface area contributed by atoms with Crippen molar-refractivity contribution in [1.82, 2.24) is 45.9 Å². The molecule has 9 N–H and O–H groups in total. The molecule has 6 aromatic heterocycles. The van der Waals surface area contributed by atoms with Crippen LogP contribution in [-0.4, -0.2) is 123 Å². The smallest absolute Gasteiger partial charge is 0.383 e. The summed E-state index contributed by atoms with van der Waals surface area (Å²) in [6.45, 7) is 22.5. The van der Waals surface area contributed by atoms with E-state index in [1.54, 1.807) is 0 Å². The zero-order valence-electron chi connectivity index (χ0n) is 53.0. The number of carbonyl (C=O) groups excluding carboxylic acids is 3. The Morgan fingerprint density at radius 2 is 0.728 bits per heavy atom. The Morgan fingerprint density at radius 1 is 0.457 bits per heavy atom. The summed E-state index contributed by atoms with van der Waals surface area (Å²) in [6, 6.07) is 16.3. The number of nitrogens with two attached hydrogens (primary N) is 3. The van der Waals surface area contributed by atoms with E-state index in [0.717, 1.165) is 50.3 Å². The van der Waals surface area contributed by atoms with Crippen LogP contribution in [0, 0.1) is 17.8 Å². The molecule has 18 nitrogen and oxygen atoms in total. The van der Waals surface area contributed by atoms with E-state index in [0.29, 0.717) is 74.5 Å².